The molecule has 31 heavy (non-hydrogen) atoms. The van der Waals surface area contributed by atoms with Crippen LogP contribution < -0.4 is 10.0 Å². The van der Waals surface area contributed by atoms with Gasteiger partial charge >= 0.3 is 5.97 Å². The average molecular weight is 445 g/mol. The molecule has 3 N–H and O–H groups in total. The van der Waals surface area contributed by atoms with E-state index in [2.05, 4.69) is 10.0 Å². The molecule has 0 atom stereocenters. The second-order valence-corrected chi connectivity index (χ2v) is 8.60. The molecule has 0 unspecified atom stereocenters. The van der Waals surface area contributed by atoms with Crippen LogP contribution in [0.25, 0.3) is 0 Å². The van der Waals surface area contributed by atoms with E-state index in [1.54, 1.807) is 18.2 Å². The van der Waals surface area contributed by atoms with E-state index in [0.717, 1.165) is 5.56 Å². The number of aryl methyl sites for hydroxylation is 1. The standard InChI is InChI=1S/C21H23N3O6S/c1-14-4-3-5-16(12-14)23-31(28,29)17-8-6-15(7-9-17)22-19-18(21(27)30-2)13-24(10-11-25)20(19)26/h3-9,12,22-23,25H,10-11,13H2,1-2H3. The average Bonchev–Trinajstić information content (AvgIpc) is 3.03. The Morgan fingerprint density at radius 2 is 1.87 bits per heavy atom. The van der Waals surface area contributed by atoms with Crippen LogP contribution in [0.15, 0.2) is 64.7 Å². The van der Waals surface area contributed by atoms with Crippen molar-refractivity contribution in [2.75, 3.05) is 36.8 Å². The van der Waals surface area contributed by atoms with Crippen LogP contribution in [-0.2, 0) is 24.3 Å². The summed E-state index contributed by atoms with van der Waals surface area (Å²) in [7, 11) is -2.58. The van der Waals surface area contributed by atoms with Crippen molar-refractivity contribution in [1.29, 1.82) is 0 Å². The van der Waals surface area contributed by atoms with Crippen molar-refractivity contribution in [1.82, 2.24) is 4.90 Å². The lowest BCUT2D eigenvalue weighted by molar-refractivity contribution is -0.136. The van der Waals surface area contributed by atoms with Gasteiger partial charge in [0.25, 0.3) is 15.9 Å². The van der Waals surface area contributed by atoms with E-state index < -0.39 is 21.9 Å². The molecule has 2 aromatic carbocycles. The number of nitrogens with one attached hydrogen (secondary N) is 2. The summed E-state index contributed by atoms with van der Waals surface area (Å²) in [6.07, 6.45) is 0. The lowest BCUT2D eigenvalue weighted by Crippen LogP contribution is -2.31. The summed E-state index contributed by atoms with van der Waals surface area (Å²) in [5, 5.41) is 12.0. The molecule has 0 radical (unpaired) electrons. The molecule has 0 bridgehead atoms. The Balaban J connectivity index is 1.80. The van der Waals surface area contributed by atoms with E-state index in [1.165, 1.54) is 36.3 Å². The fourth-order valence-corrected chi connectivity index (χ4v) is 4.18. The molecular formula is C21H23N3O6S. The highest BCUT2D eigenvalue weighted by Gasteiger charge is 2.34. The molecule has 3 rings (SSSR count). The van der Waals surface area contributed by atoms with E-state index in [4.69, 9.17) is 9.84 Å². The third kappa shape index (κ3) is 5.04. The summed E-state index contributed by atoms with van der Waals surface area (Å²) < 4.78 is 32.5. The van der Waals surface area contributed by atoms with Gasteiger partial charge in [-0.05, 0) is 48.9 Å². The predicted octanol–water partition coefficient (Wildman–Crippen LogP) is 1.47. The van der Waals surface area contributed by atoms with Crippen LogP contribution in [0.2, 0.25) is 0 Å². The van der Waals surface area contributed by atoms with E-state index in [1.807, 2.05) is 13.0 Å². The van der Waals surface area contributed by atoms with Gasteiger partial charge in [0, 0.05) is 17.9 Å². The Hall–Kier alpha value is -3.37. The van der Waals surface area contributed by atoms with Crippen LogP contribution in [0, 0.1) is 6.92 Å². The molecule has 2 aromatic rings. The number of benzene rings is 2. The van der Waals surface area contributed by atoms with Crippen LogP contribution in [0.4, 0.5) is 11.4 Å². The topological polar surface area (TPSA) is 125 Å². The number of rotatable bonds is 8. The Kier molecular flexibility index (Phi) is 6.62. The zero-order valence-corrected chi connectivity index (χ0v) is 17.9. The van der Waals surface area contributed by atoms with Crippen LogP contribution in [0.1, 0.15) is 5.56 Å². The lowest BCUT2D eigenvalue weighted by atomic mass is 10.2. The quantitative estimate of drug-likeness (QED) is 0.526. The van der Waals surface area contributed by atoms with Crippen molar-refractivity contribution in [3.05, 3.63) is 65.4 Å². The summed E-state index contributed by atoms with van der Waals surface area (Å²) in [5.41, 5.74) is 1.97. The first-order valence-electron chi connectivity index (χ1n) is 9.43. The number of β-amino-alcohol motifs (C(OH)–C–C–N with tert-alkyl or cyclic N) is 1. The zero-order chi connectivity index (χ0) is 22.6. The number of esters is 1. The molecular weight excluding hydrogens is 422 g/mol. The Morgan fingerprint density at radius 1 is 1.16 bits per heavy atom. The van der Waals surface area contributed by atoms with Crippen LogP contribution in [-0.4, -0.2) is 57.1 Å². The minimum absolute atomic E-state index is 0.0152. The molecule has 1 amide bonds. The maximum atomic E-state index is 12.6. The lowest BCUT2D eigenvalue weighted by Gasteiger charge is -2.15. The molecule has 1 aliphatic rings. The Labute approximate surface area is 180 Å². The molecule has 164 valence electrons. The van der Waals surface area contributed by atoms with Gasteiger partial charge in [-0.3, -0.25) is 9.52 Å². The van der Waals surface area contributed by atoms with Crippen LogP contribution in [0.5, 0.6) is 0 Å². The second-order valence-electron chi connectivity index (χ2n) is 6.92. The smallest absolute Gasteiger partial charge is 0.337 e. The molecule has 0 fully saturated rings. The molecule has 0 aliphatic carbocycles. The minimum atomic E-state index is -3.80. The van der Waals surface area contributed by atoms with Crippen molar-refractivity contribution in [3.63, 3.8) is 0 Å². The molecule has 9 nitrogen and oxygen atoms in total. The van der Waals surface area contributed by atoms with Gasteiger partial charge in [-0.25, -0.2) is 13.2 Å². The number of carbonyl (C=O) groups excluding carboxylic acids is 2. The van der Waals surface area contributed by atoms with E-state index in [9.17, 15) is 18.0 Å². The number of sulfonamides is 1. The van der Waals surface area contributed by atoms with E-state index in [-0.39, 0.29) is 35.9 Å². The Morgan fingerprint density at radius 3 is 2.48 bits per heavy atom. The van der Waals surface area contributed by atoms with Crippen molar-refractivity contribution in [2.45, 2.75) is 11.8 Å². The van der Waals surface area contributed by atoms with Gasteiger partial charge in [-0.2, -0.15) is 0 Å². The highest BCUT2D eigenvalue weighted by atomic mass is 32.2. The first-order valence-corrected chi connectivity index (χ1v) is 10.9. The second kappa shape index (κ2) is 9.19. The summed E-state index contributed by atoms with van der Waals surface area (Å²) in [6.45, 7) is 1.71. The van der Waals surface area contributed by atoms with Gasteiger partial charge < -0.3 is 20.1 Å². The summed E-state index contributed by atoms with van der Waals surface area (Å²) in [6, 6.07) is 12.8. The molecule has 1 aliphatic heterocycles. The van der Waals surface area contributed by atoms with Gasteiger partial charge in [0.2, 0.25) is 0 Å². The third-order valence-corrected chi connectivity index (χ3v) is 6.05. The van der Waals surface area contributed by atoms with Crippen molar-refractivity contribution >= 4 is 33.3 Å². The number of aliphatic hydroxyl groups excluding tert-OH is 1. The molecule has 1 heterocycles. The largest absolute Gasteiger partial charge is 0.466 e. The number of aliphatic hydroxyl groups is 1. The minimum Gasteiger partial charge on any atom is -0.466 e. The number of hydrogen-bond acceptors (Lipinski definition) is 7. The molecule has 0 spiro atoms. The number of nitrogens with zero attached hydrogens (tertiary/aromatic N) is 1. The number of amides is 1. The van der Waals surface area contributed by atoms with E-state index in [0.29, 0.717) is 11.4 Å². The summed E-state index contributed by atoms with van der Waals surface area (Å²) in [5.74, 6) is -1.11. The summed E-state index contributed by atoms with van der Waals surface area (Å²) in [4.78, 5) is 26.0. The first-order chi connectivity index (χ1) is 14.7. The highest BCUT2D eigenvalue weighted by Crippen LogP contribution is 2.24. The normalized spacial score (nSPS) is 14.0. The molecule has 0 saturated heterocycles. The fraction of sp³-hybridized carbons (Fsp3) is 0.238. The zero-order valence-electron chi connectivity index (χ0n) is 17.1. The monoisotopic (exact) mass is 445 g/mol. The third-order valence-electron chi connectivity index (χ3n) is 4.66. The van der Waals surface area contributed by atoms with Gasteiger partial charge in [0.15, 0.2) is 0 Å². The van der Waals surface area contributed by atoms with Gasteiger partial charge in [0.05, 0.1) is 30.7 Å². The molecule has 10 heteroatoms. The summed E-state index contributed by atoms with van der Waals surface area (Å²) >= 11 is 0. The number of carbonyl (C=O) groups is 2. The number of hydrogen-bond donors (Lipinski definition) is 3. The molecule has 0 saturated carbocycles. The SMILES string of the molecule is COC(=O)C1=C(Nc2ccc(S(=O)(=O)Nc3cccc(C)c3)cc2)C(=O)N(CCO)C1. The fourth-order valence-electron chi connectivity index (χ4n) is 3.13. The van der Waals surface area contributed by atoms with Crippen LogP contribution in [0.3, 0.4) is 0 Å². The van der Waals surface area contributed by atoms with Crippen molar-refractivity contribution < 1.29 is 27.9 Å². The first kappa shape index (κ1) is 22.3. The highest BCUT2D eigenvalue weighted by molar-refractivity contribution is 7.92. The van der Waals surface area contributed by atoms with Crippen LogP contribution >= 0.6 is 0 Å². The number of ether oxygens (including phenoxy) is 1. The number of anilines is 2. The maximum Gasteiger partial charge on any atom is 0.337 e. The van der Waals surface area contributed by atoms with E-state index >= 15 is 0 Å². The Bertz CT molecular complexity index is 1130. The maximum absolute atomic E-state index is 12.6. The van der Waals surface area contributed by atoms with Crippen molar-refractivity contribution in [2.24, 2.45) is 0 Å². The van der Waals surface area contributed by atoms with Gasteiger partial charge in [-0.1, -0.05) is 12.1 Å². The predicted molar refractivity (Wildman–Crippen MR) is 115 cm³/mol. The molecule has 0 aromatic heterocycles. The number of methoxy groups -OCH3 is 1. The van der Waals surface area contributed by atoms with Gasteiger partial charge in [0.1, 0.15) is 5.70 Å². The van der Waals surface area contributed by atoms with Crippen molar-refractivity contribution in [3.8, 4) is 0 Å². The van der Waals surface area contributed by atoms with Gasteiger partial charge in [-0.15, -0.1) is 0 Å².